The predicted molar refractivity (Wildman–Crippen MR) is 89.8 cm³/mol. The van der Waals surface area contributed by atoms with Gasteiger partial charge in [0.25, 0.3) is 5.91 Å². The van der Waals surface area contributed by atoms with E-state index in [1.807, 2.05) is 0 Å². The number of aromatic nitrogens is 2. The predicted octanol–water partition coefficient (Wildman–Crippen LogP) is 3.16. The fourth-order valence-corrected chi connectivity index (χ4v) is 3.34. The van der Waals surface area contributed by atoms with Crippen LogP contribution in [0.25, 0.3) is 5.69 Å². The van der Waals surface area contributed by atoms with E-state index in [1.165, 1.54) is 10.9 Å². The molecule has 0 aliphatic heterocycles. The molecule has 2 N–H and O–H groups in total. The standard InChI is InChI=1S/C16H15Cl2N3O3/c17-11-2-4-14(13(18)6-11)21-8-10(7-19-21)15(22)20-12-3-1-9(5-12)16(23)24/h2,4,6-9,12H,1,3,5H2,(H,20,22)(H,23,24)/t9-,12+/m1/s1. The quantitative estimate of drug-likeness (QED) is 0.868. The number of hydrogen-bond acceptors (Lipinski definition) is 3. The zero-order valence-corrected chi connectivity index (χ0v) is 14.1. The summed E-state index contributed by atoms with van der Waals surface area (Å²) in [5.41, 5.74) is 1.01. The van der Waals surface area contributed by atoms with Gasteiger partial charge in [0, 0.05) is 17.3 Å². The van der Waals surface area contributed by atoms with Gasteiger partial charge in [-0.05, 0) is 37.5 Å². The van der Waals surface area contributed by atoms with Crippen LogP contribution in [0, 0.1) is 5.92 Å². The second-order valence-corrected chi connectivity index (χ2v) is 6.63. The Morgan fingerprint density at radius 2 is 2.08 bits per heavy atom. The zero-order chi connectivity index (χ0) is 17.3. The fourth-order valence-electron chi connectivity index (χ4n) is 2.84. The topological polar surface area (TPSA) is 84.2 Å². The molecule has 0 spiro atoms. The lowest BCUT2D eigenvalue weighted by Gasteiger charge is -2.11. The third-order valence-electron chi connectivity index (χ3n) is 4.12. The molecule has 1 aliphatic rings. The Hall–Kier alpha value is -2.05. The highest BCUT2D eigenvalue weighted by Gasteiger charge is 2.30. The van der Waals surface area contributed by atoms with Crippen LogP contribution < -0.4 is 5.32 Å². The van der Waals surface area contributed by atoms with Crippen LogP contribution in [0.5, 0.6) is 0 Å². The van der Waals surface area contributed by atoms with Crippen LogP contribution in [0.4, 0.5) is 0 Å². The summed E-state index contributed by atoms with van der Waals surface area (Å²) in [6, 6.07) is 4.88. The lowest BCUT2D eigenvalue weighted by molar-refractivity contribution is -0.141. The lowest BCUT2D eigenvalue weighted by Crippen LogP contribution is -2.33. The van der Waals surface area contributed by atoms with Gasteiger partial charge in [-0.2, -0.15) is 5.10 Å². The van der Waals surface area contributed by atoms with Crippen molar-refractivity contribution in [3.63, 3.8) is 0 Å². The van der Waals surface area contributed by atoms with Crippen molar-refractivity contribution in [2.45, 2.75) is 25.3 Å². The smallest absolute Gasteiger partial charge is 0.306 e. The molecule has 2 aromatic rings. The molecule has 1 aliphatic carbocycles. The number of halogens is 2. The number of amides is 1. The molecule has 1 saturated carbocycles. The molecule has 1 fully saturated rings. The molecule has 6 nitrogen and oxygen atoms in total. The number of hydrogen-bond donors (Lipinski definition) is 2. The van der Waals surface area contributed by atoms with Crippen LogP contribution in [0.3, 0.4) is 0 Å². The summed E-state index contributed by atoms with van der Waals surface area (Å²) in [5, 5.41) is 17.0. The number of carboxylic acids is 1. The Morgan fingerprint density at radius 1 is 1.29 bits per heavy atom. The minimum absolute atomic E-state index is 0.124. The number of benzene rings is 1. The average molecular weight is 368 g/mol. The van der Waals surface area contributed by atoms with Crippen LogP contribution in [0.15, 0.2) is 30.6 Å². The van der Waals surface area contributed by atoms with E-state index in [1.54, 1.807) is 24.4 Å². The Morgan fingerprint density at radius 3 is 2.75 bits per heavy atom. The minimum Gasteiger partial charge on any atom is -0.481 e. The third kappa shape index (κ3) is 3.55. The van der Waals surface area contributed by atoms with Gasteiger partial charge in [-0.3, -0.25) is 9.59 Å². The number of nitrogens with zero attached hydrogens (tertiary/aromatic N) is 2. The first kappa shape index (κ1) is 16.8. The van der Waals surface area contributed by atoms with Crippen molar-refractivity contribution < 1.29 is 14.7 Å². The van der Waals surface area contributed by atoms with E-state index < -0.39 is 5.97 Å². The van der Waals surface area contributed by atoms with E-state index in [4.69, 9.17) is 28.3 Å². The first-order valence-corrected chi connectivity index (χ1v) is 8.23. The molecule has 1 amide bonds. The van der Waals surface area contributed by atoms with Gasteiger partial charge in [0.2, 0.25) is 0 Å². The maximum atomic E-state index is 12.3. The summed E-state index contributed by atoms with van der Waals surface area (Å²) in [7, 11) is 0. The number of aliphatic carboxylic acids is 1. The van der Waals surface area contributed by atoms with Crippen molar-refractivity contribution in [1.29, 1.82) is 0 Å². The van der Waals surface area contributed by atoms with Crippen LogP contribution in [-0.2, 0) is 4.79 Å². The van der Waals surface area contributed by atoms with Gasteiger partial charge in [-0.1, -0.05) is 23.2 Å². The number of carbonyl (C=O) groups is 2. The summed E-state index contributed by atoms with van der Waals surface area (Å²) in [6.07, 6.45) is 4.73. The van der Waals surface area contributed by atoms with E-state index in [2.05, 4.69) is 10.4 Å². The average Bonchev–Trinajstić information content (AvgIpc) is 3.16. The highest BCUT2D eigenvalue weighted by Crippen LogP contribution is 2.26. The van der Waals surface area contributed by atoms with Gasteiger partial charge < -0.3 is 10.4 Å². The normalized spacial score (nSPS) is 20.1. The summed E-state index contributed by atoms with van der Waals surface area (Å²) >= 11 is 12.0. The largest absolute Gasteiger partial charge is 0.481 e. The van der Waals surface area contributed by atoms with Gasteiger partial charge in [0.05, 0.1) is 28.4 Å². The number of nitrogens with one attached hydrogen (secondary N) is 1. The van der Waals surface area contributed by atoms with Crippen LogP contribution in [0.2, 0.25) is 10.0 Å². The van der Waals surface area contributed by atoms with Crippen LogP contribution in [0.1, 0.15) is 29.6 Å². The maximum absolute atomic E-state index is 12.3. The first-order chi connectivity index (χ1) is 11.4. The molecular formula is C16H15Cl2N3O3. The Labute approximate surface area is 148 Å². The molecule has 0 radical (unpaired) electrons. The monoisotopic (exact) mass is 367 g/mol. The van der Waals surface area contributed by atoms with Crippen LogP contribution in [-0.4, -0.2) is 32.8 Å². The maximum Gasteiger partial charge on any atom is 0.306 e. The molecule has 8 heteroatoms. The first-order valence-electron chi connectivity index (χ1n) is 7.48. The Balaban J connectivity index is 1.69. The van der Waals surface area contributed by atoms with E-state index in [0.717, 1.165) is 0 Å². The van der Waals surface area contributed by atoms with E-state index >= 15 is 0 Å². The van der Waals surface area contributed by atoms with Crippen LogP contribution >= 0.6 is 23.2 Å². The highest BCUT2D eigenvalue weighted by molar-refractivity contribution is 6.35. The van der Waals surface area contributed by atoms with Gasteiger partial charge in [-0.15, -0.1) is 0 Å². The summed E-state index contributed by atoms with van der Waals surface area (Å²) in [4.78, 5) is 23.3. The van der Waals surface area contributed by atoms with Gasteiger partial charge in [0.1, 0.15) is 0 Å². The van der Waals surface area contributed by atoms with Crippen molar-refractivity contribution in [3.05, 3.63) is 46.2 Å². The Bertz CT molecular complexity index is 791. The van der Waals surface area contributed by atoms with Gasteiger partial charge in [0.15, 0.2) is 0 Å². The molecular weight excluding hydrogens is 353 g/mol. The molecule has 3 rings (SSSR count). The van der Waals surface area contributed by atoms with E-state index in [-0.39, 0.29) is 17.9 Å². The lowest BCUT2D eigenvalue weighted by atomic mass is 10.1. The number of rotatable bonds is 4. The fraction of sp³-hybridized carbons (Fsp3) is 0.312. The molecule has 0 saturated heterocycles. The molecule has 1 heterocycles. The van der Waals surface area contributed by atoms with Crippen molar-refractivity contribution in [3.8, 4) is 5.69 Å². The molecule has 1 aromatic carbocycles. The summed E-state index contributed by atoms with van der Waals surface area (Å²) in [5.74, 6) is -1.47. The summed E-state index contributed by atoms with van der Waals surface area (Å²) < 4.78 is 1.50. The molecule has 2 atom stereocenters. The molecule has 1 aromatic heterocycles. The molecule has 0 unspecified atom stereocenters. The Kier molecular flexibility index (Phi) is 4.78. The van der Waals surface area contributed by atoms with Crippen molar-refractivity contribution in [2.75, 3.05) is 0 Å². The molecule has 126 valence electrons. The minimum atomic E-state index is -0.808. The number of carboxylic acid groups (broad SMARTS) is 1. The SMILES string of the molecule is O=C(N[C@H]1CC[C@@H](C(=O)O)C1)c1cnn(-c2ccc(Cl)cc2Cl)c1. The zero-order valence-electron chi connectivity index (χ0n) is 12.6. The van der Waals surface area contributed by atoms with E-state index in [0.29, 0.717) is 40.6 Å². The van der Waals surface area contributed by atoms with Crippen molar-refractivity contribution >= 4 is 35.1 Å². The molecule has 24 heavy (non-hydrogen) atoms. The summed E-state index contributed by atoms with van der Waals surface area (Å²) in [6.45, 7) is 0. The highest BCUT2D eigenvalue weighted by atomic mass is 35.5. The second-order valence-electron chi connectivity index (χ2n) is 5.79. The number of carbonyl (C=O) groups excluding carboxylic acids is 1. The van der Waals surface area contributed by atoms with Gasteiger partial charge >= 0.3 is 5.97 Å². The molecule has 0 bridgehead atoms. The van der Waals surface area contributed by atoms with Crippen molar-refractivity contribution in [1.82, 2.24) is 15.1 Å². The van der Waals surface area contributed by atoms with E-state index in [9.17, 15) is 9.59 Å². The second kappa shape index (κ2) is 6.83. The third-order valence-corrected chi connectivity index (χ3v) is 4.66. The van der Waals surface area contributed by atoms with Crippen molar-refractivity contribution in [2.24, 2.45) is 5.92 Å². The van der Waals surface area contributed by atoms with Gasteiger partial charge in [-0.25, -0.2) is 4.68 Å².